The van der Waals surface area contributed by atoms with Gasteiger partial charge in [0.05, 0.1) is 74.5 Å². The Morgan fingerprint density at radius 1 is 0.354 bits per heavy atom. The Kier molecular flexibility index (Phi) is 36.8. The summed E-state index contributed by atoms with van der Waals surface area (Å²) in [6, 6.07) is 11.3. The van der Waals surface area contributed by atoms with Crippen molar-refractivity contribution in [3.63, 3.8) is 0 Å². The largest absolute Gasteiger partial charge is 1.00 e. The molecule has 0 amide bonds. The molecule has 288 valence electrons. The van der Waals surface area contributed by atoms with Gasteiger partial charge in [-0.15, -0.1) is 0 Å². The van der Waals surface area contributed by atoms with Crippen LogP contribution < -0.4 is 50.9 Å². The number of nitrogens with zero attached hydrogens (tertiary/aromatic N) is 3. The molecule has 6 heteroatoms. The van der Waals surface area contributed by atoms with Crippen molar-refractivity contribution < 1.29 is 64.4 Å². The van der Waals surface area contributed by atoms with Crippen molar-refractivity contribution in [1.29, 1.82) is 0 Å². The van der Waals surface area contributed by atoms with Gasteiger partial charge >= 0.3 is 0 Å². The fraction of sp³-hybridized carbons (Fsp3) is 0.857. The Labute approximate surface area is 334 Å². The molecule has 0 atom stereocenters. The molecule has 0 saturated carbocycles. The minimum absolute atomic E-state index is 0. The van der Waals surface area contributed by atoms with Gasteiger partial charge in [0.1, 0.15) is 6.54 Å². The zero-order valence-electron chi connectivity index (χ0n) is 33.4. The SMILES string of the molecule is CCCCCCCCCCCC[N+](C)(C)CCC[N+](C)(CCC[N+](C)(C)CCCCCCCCCCCC)Cc1ccccc1.[Br-].[Br-].[Br-]. The summed E-state index contributed by atoms with van der Waals surface area (Å²) < 4.78 is 3.55. The first-order valence-corrected chi connectivity index (χ1v) is 20.1. The standard InChI is InChI=1S/C42H84N3.3BrH/c1-8-10-12-14-16-18-20-22-24-29-35-43(3,4)37-31-39-45(7,41-42-33-27-26-28-34-42)40-32-38-44(5,6)36-30-25-23-21-19-17-15-13-11-9-2;;;/h26-28,33-34H,8-25,29-32,35-41H2,1-7H3;3*1H/q+3;;;/p-3. The van der Waals surface area contributed by atoms with Gasteiger partial charge in [-0.2, -0.15) is 0 Å². The van der Waals surface area contributed by atoms with Crippen molar-refractivity contribution in [2.24, 2.45) is 0 Å². The summed E-state index contributed by atoms with van der Waals surface area (Å²) in [5.41, 5.74) is 1.50. The van der Waals surface area contributed by atoms with Gasteiger partial charge in [-0.1, -0.05) is 147 Å². The molecule has 1 aromatic rings. The topological polar surface area (TPSA) is 0 Å². The average Bonchev–Trinajstić information content (AvgIpc) is 2.99. The van der Waals surface area contributed by atoms with Gasteiger partial charge in [0.2, 0.25) is 0 Å². The fourth-order valence-corrected chi connectivity index (χ4v) is 7.33. The van der Waals surface area contributed by atoms with Crippen LogP contribution in [-0.2, 0) is 6.54 Å². The first kappa shape index (κ1) is 52.9. The molecule has 0 aliphatic carbocycles. The maximum Gasteiger partial charge on any atom is 0.104 e. The van der Waals surface area contributed by atoms with Gasteiger partial charge in [-0.3, -0.25) is 0 Å². The van der Waals surface area contributed by atoms with E-state index in [0.29, 0.717) is 0 Å². The number of hydrogen-bond acceptors (Lipinski definition) is 0. The van der Waals surface area contributed by atoms with E-state index in [1.165, 1.54) is 206 Å². The highest BCUT2D eigenvalue weighted by atomic mass is 79.9. The highest BCUT2D eigenvalue weighted by Crippen LogP contribution is 2.18. The number of rotatable bonds is 32. The van der Waals surface area contributed by atoms with E-state index in [1.807, 2.05) is 0 Å². The Bertz CT molecular complexity index is 746. The normalized spacial score (nSPS) is 11.9. The van der Waals surface area contributed by atoms with Crippen LogP contribution in [-0.4, -0.2) is 88.0 Å². The quantitative estimate of drug-likeness (QED) is 0.0773. The Morgan fingerprint density at radius 2 is 0.646 bits per heavy atom. The van der Waals surface area contributed by atoms with Crippen LogP contribution in [0.4, 0.5) is 0 Å². The van der Waals surface area contributed by atoms with Crippen LogP contribution in [0.3, 0.4) is 0 Å². The summed E-state index contributed by atoms with van der Waals surface area (Å²) in [5, 5.41) is 0. The number of unbranched alkanes of at least 4 members (excludes halogenated alkanes) is 18. The summed E-state index contributed by atoms with van der Waals surface area (Å²) >= 11 is 0. The van der Waals surface area contributed by atoms with Gasteiger partial charge in [0.25, 0.3) is 0 Å². The first-order valence-electron chi connectivity index (χ1n) is 20.1. The Balaban J connectivity index is -0.00000675. The molecule has 0 aliphatic rings. The van der Waals surface area contributed by atoms with E-state index in [-0.39, 0.29) is 50.9 Å². The van der Waals surface area contributed by atoms with E-state index in [9.17, 15) is 0 Å². The van der Waals surface area contributed by atoms with Crippen molar-refractivity contribution in [3.05, 3.63) is 35.9 Å². The second-order valence-corrected chi connectivity index (χ2v) is 16.5. The molecule has 0 radical (unpaired) electrons. The van der Waals surface area contributed by atoms with Crippen LogP contribution in [0, 0.1) is 0 Å². The zero-order valence-corrected chi connectivity index (χ0v) is 38.1. The van der Waals surface area contributed by atoms with E-state index in [2.05, 4.69) is 79.4 Å². The molecule has 0 aromatic heterocycles. The van der Waals surface area contributed by atoms with Gasteiger partial charge in [0.15, 0.2) is 0 Å². The Morgan fingerprint density at radius 3 is 0.979 bits per heavy atom. The molecule has 1 rings (SSSR count). The number of benzene rings is 1. The third-order valence-corrected chi connectivity index (χ3v) is 10.6. The summed E-state index contributed by atoms with van der Waals surface area (Å²) in [7, 11) is 12.4. The summed E-state index contributed by atoms with van der Waals surface area (Å²) in [6.07, 6.45) is 31.2. The van der Waals surface area contributed by atoms with E-state index in [0.717, 1.165) is 0 Å². The number of quaternary nitrogens is 3. The average molecular weight is 871 g/mol. The molecule has 0 aliphatic heterocycles. The monoisotopic (exact) mass is 867 g/mol. The molecular weight excluding hydrogens is 786 g/mol. The lowest BCUT2D eigenvalue weighted by atomic mass is 10.1. The van der Waals surface area contributed by atoms with Crippen LogP contribution in [0.1, 0.15) is 161 Å². The predicted octanol–water partition coefficient (Wildman–Crippen LogP) is 2.42. The number of halogens is 3. The number of hydrogen-bond donors (Lipinski definition) is 0. The van der Waals surface area contributed by atoms with E-state index >= 15 is 0 Å². The summed E-state index contributed by atoms with van der Waals surface area (Å²) in [4.78, 5) is 0. The molecule has 1 aromatic carbocycles. The predicted molar refractivity (Wildman–Crippen MR) is 203 cm³/mol. The third-order valence-electron chi connectivity index (χ3n) is 10.6. The maximum atomic E-state index is 2.54. The van der Waals surface area contributed by atoms with E-state index in [4.69, 9.17) is 0 Å². The fourth-order valence-electron chi connectivity index (χ4n) is 7.33. The minimum Gasteiger partial charge on any atom is -1.00 e. The summed E-state index contributed by atoms with van der Waals surface area (Å²) in [6.45, 7) is 13.7. The second-order valence-electron chi connectivity index (χ2n) is 16.5. The molecule has 0 fully saturated rings. The highest BCUT2D eigenvalue weighted by Gasteiger charge is 2.26. The van der Waals surface area contributed by atoms with Gasteiger partial charge < -0.3 is 64.4 Å². The van der Waals surface area contributed by atoms with Crippen molar-refractivity contribution in [2.75, 3.05) is 74.5 Å². The van der Waals surface area contributed by atoms with Crippen LogP contribution in [0.2, 0.25) is 0 Å². The van der Waals surface area contributed by atoms with Gasteiger partial charge in [-0.05, 0) is 25.7 Å². The van der Waals surface area contributed by atoms with Crippen molar-refractivity contribution in [2.45, 2.75) is 162 Å². The molecule has 0 heterocycles. The molecule has 0 saturated heterocycles. The van der Waals surface area contributed by atoms with Crippen LogP contribution in [0.15, 0.2) is 30.3 Å². The van der Waals surface area contributed by atoms with E-state index < -0.39 is 0 Å². The second kappa shape index (κ2) is 33.4. The Hall–Kier alpha value is 0.540. The molecule has 0 bridgehead atoms. The van der Waals surface area contributed by atoms with Crippen LogP contribution in [0.5, 0.6) is 0 Å². The molecule has 0 unspecified atom stereocenters. The van der Waals surface area contributed by atoms with Gasteiger partial charge in [-0.25, -0.2) is 0 Å². The highest BCUT2D eigenvalue weighted by molar-refractivity contribution is 5.13. The molecule has 3 nitrogen and oxygen atoms in total. The third kappa shape index (κ3) is 31.3. The zero-order chi connectivity index (χ0) is 33.1. The molecule has 48 heavy (non-hydrogen) atoms. The van der Waals surface area contributed by atoms with Crippen LogP contribution in [0.25, 0.3) is 0 Å². The molecular formula is C42H84Br3N3. The first-order chi connectivity index (χ1) is 21.6. The van der Waals surface area contributed by atoms with Crippen molar-refractivity contribution in [1.82, 2.24) is 0 Å². The lowest BCUT2D eigenvalue weighted by molar-refractivity contribution is -0.937. The lowest BCUT2D eigenvalue weighted by Gasteiger charge is -2.38. The van der Waals surface area contributed by atoms with E-state index in [1.54, 1.807) is 0 Å². The van der Waals surface area contributed by atoms with Crippen LogP contribution >= 0.6 is 0 Å². The lowest BCUT2D eigenvalue weighted by Crippen LogP contribution is -3.00. The molecule has 0 spiro atoms. The van der Waals surface area contributed by atoms with Crippen molar-refractivity contribution in [3.8, 4) is 0 Å². The summed E-state index contributed by atoms with van der Waals surface area (Å²) in [5.74, 6) is 0. The molecule has 0 N–H and O–H groups in total. The minimum atomic E-state index is 0. The van der Waals surface area contributed by atoms with Crippen molar-refractivity contribution >= 4 is 0 Å². The maximum absolute atomic E-state index is 2.54. The van der Waals surface area contributed by atoms with Gasteiger partial charge in [0, 0.05) is 18.4 Å². The smallest absolute Gasteiger partial charge is 0.104 e.